The summed E-state index contributed by atoms with van der Waals surface area (Å²) in [5.41, 5.74) is 6.71. The Morgan fingerprint density at radius 1 is 0.966 bits per heavy atom. The summed E-state index contributed by atoms with van der Waals surface area (Å²) in [6, 6.07) is 14.7. The van der Waals surface area contributed by atoms with Gasteiger partial charge in [0.2, 0.25) is 0 Å². The van der Waals surface area contributed by atoms with Crippen molar-refractivity contribution in [2.75, 3.05) is 23.3 Å². The van der Waals surface area contributed by atoms with Crippen molar-refractivity contribution in [3.8, 4) is 21.8 Å². The summed E-state index contributed by atoms with van der Waals surface area (Å²) in [4.78, 5) is 12.7. The molecule has 0 bridgehead atoms. The zero-order chi connectivity index (χ0) is 20.2. The average molecular weight is 421 g/mol. The van der Waals surface area contributed by atoms with E-state index in [4.69, 9.17) is 4.98 Å². The molecule has 6 heteroatoms. The molecule has 29 heavy (non-hydrogen) atoms. The van der Waals surface area contributed by atoms with Crippen LogP contribution in [0.3, 0.4) is 0 Å². The van der Waals surface area contributed by atoms with Crippen LogP contribution in [0.1, 0.15) is 19.4 Å². The summed E-state index contributed by atoms with van der Waals surface area (Å²) in [5.74, 6) is 0. The summed E-state index contributed by atoms with van der Waals surface area (Å²) >= 11 is 3.33. The van der Waals surface area contributed by atoms with Crippen LogP contribution in [0.5, 0.6) is 0 Å². The van der Waals surface area contributed by atoms with E-state index in [1.165, 1.54) is 11.3 Å². The van der Waals surface area contributed by atoms with Crippen LogP contribution in [-0.4, -0.2) is 23.1 Å². The van der Waals surface area contributed by atoms with Gasteiger partial charge in [0.25, 0.3) is 0 Å². The predicted molar refractivity (Wildman–Crippen MR) is 127 cm³/mol. The van der Waals surface area contributed by atoms with E-state index in [1.54, 1.807) is 22.7 Å². The maximum absolute atomic E-state index is 4.80. The molecule has 0 saturated heterocycles. The summed E-state index contributed by atoms with van der Waals surface area (Å²) in [6.07, 6.45) is 1.82. The van der Waals surface area contributed by atoms with Crippen LogP contribution in [0, 0.1) is 6.92 Å². The Morgan fingerprint density at radius 3 is 2.55 bits per heavy atom. The Hall–Kier alpha value is -2.70. The fourth-order valence-corrected chi connectivity index (χ4v) is 4.93. The lowest BCUT2D eigenvalue weighted by Gasteiger charge is -2.22. The van der Waals surface area contributed by atoms with E-state index < -0.39 is 0 Å². The summed E-state index contributed by atoms with van der Waals surface area (Å²) in [6.45, 7) is 8.54. The second-order valence-corrected chi connectivity index (χ2v) is 8.52. The molecule has 4 aromatic rings. The number of nitrogens with one attached hydrogen (secondary N) is 1. The van der Waals surface area contributed by atoms with Gasteiger partial charge in [0.05, 0.1) is 16.3 Å². The molecule has 0 amide bonds. The molecule has 3 heterocycles. The van der Waals surface area contributed by atoms with E-state index in [1.807, 2.05) is 24.4 Å². The molecular weight excluding hydrogens is 396 g/mol. The monoisotopic (exact) mass is 420 g/mol. The van der Waals surface area contributed by atoms with Crippen molar-refractivity contribution < 1.29 is 0 Å². The Labute approximate surface area is 179 Å². The topological polar surface area (TPSA) is 41.0 Å². The molecule has 0 unspecified atom stereocenters. The maximum Gasteiger partial charge on any atom is 0.187 e. The summed E-state index contributed by atoms with van der Waals surface area (Å²) in [5, 5.41) is 8.64. The van der Waals surface area contributed by atoms with Gasteiger partial charge in [-0.2, -0.15) is 0 Å². The number of thiophene rings is 1. The maximum atomic E-state index is 4.80. The number of pyridine rings is 1. The summed E-state index contributed by atoms with van der Waals surface area (Å²) < 4.78 is 0. The van der Waals surface area contributed by atoms with Crippen molar-refractivity contribution in [1.29, 1.82) is 0 Å². The Kier molecular flexibility index (Phi) is 5.92. The number of aryl methyl sites for hydroxylation is 1. The number of hydrogen-bond donors (Lipinski definition) is 1. The SMILES string of the molecule is CCN(CC)c1ccc(Nc2nc(-c3cc(-c4ccccn4)cs3)cs2)c(C)c1. The van der Waals surface area contributed by atoms with Gasteiger partial charge in [0.15, 0.2) is 5.13 Å². The van der Waals surface area contributed by atoms with Gasteiger partial charge in [-0.05, 0) is 62.7 Å². The molecule has 4 nitrogen and oxygen atoms in total. The van der Waals surface area contributed by atoms with Crippen LogP contribution in [0.25, 0.3) is 21.8 Å². The molecule has 0 atom stereocenters. The number of hydrogen-bond acceptors (Lipinski definition) is 6. The number of rotatable bonds is 7. The van der Waals surface area contributed by atoms with Crippen molar-refractivity contribution in [3.05, 3.63) is 65.0 Å². The van der Waals surface area contributed by atoms with Crippen molar-refractivity contribution in [2.45, 2.75) is 20.8 Å². The number of aromatic nitrogens is 2. The van der Waals surface area contributed by atoms with Crippen LogP contribution < -0.4 is 10.2 Å². The standard InChI is InChI=1S/C23H24N4S2/c1-4-27(5-2)18-9-10-19(16(3)12-18)25-23-26-21(15-29-23)22-13-17(14-28-22)20-8-6-7-11-24-20/h6-15H,4-5H2,1-3H3,(H,25,26). The molecule has 3 aromatic heterocycles. The van der Waals surface area contributed by atoms with E-state index >= 15 is 0 Å². The third-order valence-electron chi connectivity index (χ3n) is 4.90. The van der Waals surface area contributed by atoms with Gasteiger partial charge in [-0.3, -0.25) is 4.98 Å². The minimum Gasteiger partial charge on any atom is -0.372 e. The van der Waals surface area contributed by atoms with E-state index in [0.717, 1.165) is 45.7 Å². The number of anilines is 3. The fourth-order valence-electron chi connectivity index (χ4n) is 3.27. The molecule has 1 N–H and O–H groups in total. The molecule has 148 valence electrons. The molecule has 0 fully saturated rings. The minimum atomic E-state index is 0.909. The third kappa shape index (κ3) is 4.33. The highest BCUT2D eigenvalue weighted by Gasteiger charge is 2.11. The first kappa shape index (κ1) is 19.6. The highest BCUT2D eigenvalue weighted by Crippen LogP contribution is 2.35. The van der Waals surface area contributed by atoms with Crippen LogP contribution in [-0.2, 0) is 0 Å². The first-order valence-electron chi connectivity index (χ1n) is 9.76. The zero-order valence-corrected chi connectivity index (χ0v) is 18.5. The fraction of sp³-hybridized carbons (Fsp3) is 0.217. The number of thiazole rings is 1. The van der Waals surface area contributed by atoms with Crippen LogP contribution in [0.15, 0.2) is 59.4 Å². The highest BCUT2D eigenvalue weighted by atomic mass is 32.1. The molecular formula is C23H24N4S2. The molecule has 1 aromatic carbocycles. The normalized spacial score (nSPS) is 10.9. The average Bonchev–Trinajstić information content (AvgIpc) is 3.41. The second-order valence-electron chi connectivity index (χ2n) is 6.75. The highest BCUT2D eigenvalue weighted by molar-refractivity contribution is 7.16. The van der Waals surface area contributed by atoms with Gasteiger partial charge in [-0.15, -0.1) is 22.7 Å². The van der Waals surface area contributed by atoms with Gasteiger partial charge >= 0.3 is 0 Å². The van der Waals surface area contributed by atoms with Crippen molar-refractivity contribution >= 4 is 39.2 Å². The first-order chi connectivity index (χ1) is 14.2. The Morgan fingerprint density at radius 2 is 1.83 bits per heavy atom. The minimum absolute atomic E-state index is 0.909. The molecule has 0 aliphatic carbocycles. The molecule has 0 saturated carbocycles. The van der Waals surface area contributed by atoms with E-state index in [9.17, 15) is 0 Å². The van der Waals surface area contributed by atoms with Crippen LogP contribution >= 0.6 is 22.7 Å². The molecule has 0 spiro atoms. The van der Waals surface area contributed by atoms with Crippen molar-refractivity contribution in [2.24, 2.45) is 0 Å². The van der Waals surface area contributed by atoms with Gasteiger partial charge < -0.3 is 10.2 Å². The predicted octanol–water partition coefficient (Wildman–Crippen LogP) is 6.83. The molecule has 0 aliphatic rings. The van der Waals surface area contributed by atoms with E-state index in [-0.39, 0.29) is 0 Å². The van der Waals surface area contributed by atoms with E-state index in [0.29, 0.717) is 0 Å². The van der Waals surface area contributed by atoms with Gasteiger partial charge in [-0.25, -0.2) is 4.98 Å². The van der Waals surface area contributed by atoms with Gasteiger partial charge in [0.1, 0.15) is 0 Å². The van der Waals surface area contributed by atoms with Crippen LogP contribution in [0.4, 0.5) is 16.5 Å². The van der Waals surface area contributed by atoms with Crippen molar-refractivity contribution in [1.82, 2.24) is 9.97 Å². The smallest absolute Gasteiger partial charge is 0.187 e. The zero-order valence-electron chi connectivity index (χ0n) is 16.8. The lowest BCUT2D eigenvalue weighted by atomic mass is 10.1. The molecule has 0 radical (unpaired) electrons. The molecule has 0 aliphatic heterocycles. The lowest BCUT2D eigenvalue weighted by Crippen LogP contribution is -2.21. The first-order valence-corrected chi connectivity index (χ1v) is 11.5. The Bertz CT molecular complexity index is 1080. The van der Waals surface area contributed by atoms with Crippen molar-refractivity contribution in [3.63, 3.8) is 0 Å². The number of nitrogens with zero attached hydrogens (tertiary/aromatic N) is 3. The largest absolute Gasteiger partial charge is 0.372 e. The Balaban J connectivity index is 1.51. The quantitative estimate of drug-likeness (QED) is 0.356. The third-order valence-corrected chi connectivity index (χ3v) is 6.61. The lowest BCUT2D eigenvalue weighted by molar-refractivity contribution is 0.866. The summed E-state index contributed by atoms with van der Waals surface area (Å²) in [7, 11) is 0. The molecule has 4 rings (SSSR count). The van der Waals surface area contributed by atoms with Gasteiger partial charge in [0, 0.05) is 47.0 Å². The second kappa shape index (κ2) is 8.76. The van der Waals surface area contributed by atoms with E-state index in [2.05, 4.69) is 71.0 Å². The number of benzene rings is 1. The van der Waals surface area contributed by atoms with Crippen LogP contribution in [0.2, 0.25) is 0 Å². The van der Waals surface area contributed by atoms with Gasteiger partial charge in [-0.1, -0.05) is 6.07 Å².